The number of rotatable bonds is 2. The molecule has 3 heteroatoms. The highest BCUT2D eigenvalue weighted by Crippen LogP contribution is 2.60. The molecule has 1 aliphatic heterocycles. The SMILES string of the molecule is CCCN1CCC(F)(F)C2(CC2)C1. The third kappa shape index (κ3) is 1.47. The van der Waals surface area contributed by atoms with Gasteiger partial charge in [-0.15, -0.1) is 0 Å². The van der Waals surface area contributed by atoms with E-state index >= 15 is 0 Å². The maximum absolute atomic E-state index is 13.4. The first kappa shape index (κ1) is 9.38. The first-order valence-corrected chi connectivity index (χ1v) is 5.20. The van der Waals surface area contributed by atoms with Crippen molar-refractivity contribution < 1.29 is 8.78 Å². The lowest BCUT2D eigenvalue weighted by atomic mass is 9.90. The second-order valence-corrected chi connectivity index (χ2v) is 4.51. The molecular weight excluding hydrogens is 172 g/mol. The minimum absolute atomic E-state index is 0.0764. The van der Waals surface area contributed by atoms with E-state index in [9.17, 15) is 8.78 Å². The lowest BCUT2D eigenvalue weighted by Crippen LogP contribution is -2.48. The minimum Gasteiger partial charge on any atom is -0.302 e. The van der Waals surface area contributed by atoms with Crippen LogP contribution in [-0.4, -0.2) is 30.5 Å². The smallest absolute Gasteiger partial charge is 0.256 e. The molecule has 0 N–H and O–H groups in total. The molecule has 0 unspecified atom stereocenters. The van der Waals surface area contributed by atoms with Crippen LogP contribution in [0.25, 0.3) is 0 Å². The molecule has 0 radical (unpaired) electrons. The Morgan fingerprint density at radius 2 is 1.92 bits per heavy atom. The molecule has 0 atom stereocenters. The second-order valence-electron chi connectivity index (χ2n) is 4.51. The van der Waals surface area contributed by atoms with E-state index in [0.717, 1.165) is 25.8 Å². The van der Waals surface area contributed by atoms with Crippen LogP contribution in [0.2, 0.25) is 0 Å². The van der Waals surface area contributed by atoms with Crippen LogP contribution in [-0.2, 0) is 0 Å². The maximum Gasteiger partial charge on any atom is 0.256 e. The number of halogens is 2. The van der Waals surface area contributed by atoms with Crippen molar-refractivity contribution in [3.8, 4) is 0 Å². The quantitative estimate of drug-likeness (QED) is 0.645. The Balaban J connectivity index is 1.99. The molecule has 1 saturated carbocycles. The molecule has 13 heavy (non-hydrogen) atoms. The summed E-state index contributed by atoms with van der Waals surface area (Å²) in [6.45, 7) is 4.31. The summed E-state index contributed by atoms with van der Waals surface area (Å²) < 4.78 is 26.9. The molecule has 0 aromatic heterocycles. The Morgan fingerprint density at radius 3 is 2.46 bits per heavy atom. The van der Waals surface area contributed by atoms with Crippen molar-refractivity contribution in [2.24, 2.45) is 5.41 Å². The van der Waals surface area contributed by atoms with Gasteiger partial charge in [0.25, 0.3) is 5.92 Å². The van der Waals surface area contributed by atoms with E-state index < -0.39 is 11.3 Å². The van der Waals surface area contributed by atoms with Crippen LogP contribution in [0.15, 0.2) is 0 Å². The summed E-state index contributed by atoms with van der Waals surface area (Å²) in [4.78, 5) is 2.20. The summed E-state index contributed by atoms with van der Waals surface area (Å²) in [5, 5.41) is 0. The monoisotopic (exact) mass is 189 g/mol. The van der Waals surface area contributed by atoms with Crippen molar-refractivity contribution in [3.63, 3.8) is 0 Å². The van der Waals surface area contributed by atoms with Gasteiger partial charge in [0, 0.05) is 24.9 Å². The van der Waals surface area contributed by atoms with Gasteiger partial charge in [0.1, 0.15) is 0 Å². The number of hydrogen-bond donors (Lipinski definition) is 0. The van der Waals surface area contributed by atoms with Gasteiger partial charge in [-0.1, -0.05) is 6.92 Å². The van der Waals surface area contributed by atoms with E-state index in [1.165, 1.54) is 0 Å². The topological polar surface area (TPSA) is 3.24 Å². The third-order valence-electron chi connectivity index (χ3n) is 3.44. The zero-order valence-electron chi connectivity index (χ0n) is 8.15. The molecule has 2 rings (SSSR count). The zero-order chi connectivity index (χ0) is 9.53. The highest BCUT2D eigenvalue weighted by atomic mass is 19.3. The molecule has 1 saturated heterocycles. The highest BCUT2D eigenvalue weighted by Gasteiger charge is 2.63. The van der Waals surface area contributed by atoms with Crippen LogP contribution in [0.5, 0.6) is 0 Å². The predicted octanol–water partition coefficient (Wildman–Crippen LogP) is 2.52. The molecule has 0 amide bonds. The van der Waals surface area contributed by atoms with E-state index in [1.54, 1.807) is 0 Å². The van der Waals surface area contributed by atoms with Gasteiger partial charge in [-0.05, 0) is 25.8 Å². The largest absolute Gasteiger partial charge is 0.302 e. The first-order chi connectivity index (χ1) is 6.10. The Kier molecular flexibility index (Phi) is 2.10. The molecule has 76 valence electrons. The van der Waals surface area contributed by atoms with Crippen molar-refractivity contribution in [3.05, 3.63) is 0 Å². The lowest BCUT2D eigenvalue weighted by molar-refractivity contribution is -0.120. The van der Waals surface area contributed by atoms with Gasteiger partial charge in [0.15, 0.2) is 0 Å². The molecule has 1 aliphatic carbocycles. The van der Waals surface area contributed by atoms with Gasteiger partial charge in [-0.2, -0.15) is 0 Å². The van der Waals surface area contributed by atoms with E-state index in [4.69, 9.17) is 0 Å². The Hall–Kier alpha value is -0.180. The first-order valence-electron chi connectivity index (χ1n) is 5.20. The average molecular weight is 189 g/mol. The van der Waals surface area contributed by atoms with Crippen LogP contribution in [0.4, 0.5) is 8.78 Å². The fourth-order valence-corrected chi connectivity index (χ4v) is 2.37. The lowest BCUT2D eigenvalue weighted by Gasteiger charge is -2.38. The van der Waals surface area contributed by atoms with Gasteiger partial charge < -0.3 is 4.90 Å². The molecule has 2 fully saturated rings. The van der Waals surface area contributed by atoms with Gasteiger partial charge in [0.2, 0.25) is 0 Å². The molecule has 1 spiro atoms. The standard InChI is InChI=1S/C10H17F2N/c1-2-6-13-7-5-10(11,12)9(8-13)3-4-9/h2-8H2,1H3. The number of hydrogen-bond acceptors (Lipinski definition) is 1. The summed E-state index contributed by atoms with van der Waals surface area (Å²) in [6.07, 6.45) is 2.62. The molecule has 0 bridgehead atoms. The van der Waals surface area contributed by atoms with Crippen molar-refractivity contribution in [2.75, 3.05) is 19.6 Å². The number of piperidine rings is 1. The van der Waals surface area contributed by atoms with Crippen LogP contribution in [0, 0.1) is 5.41 Å². The molecule has 1 heterocycles. The van der Waals surface area contributed by atoms with Crippen LogP contribution < -0.4 is 0 Å². The van der Waals surface area contributed by atoms with E-state index in [0.29, 0.717) is 13.1 Å². The number of alkyl halides is 2. The predicted molar refractivity (Wildman–Crippen MR) is 48.0 cm³/mol. The summed E-state index contributed by atoms with van der Waals surface area (Å²) in [7, 11) is 0. The maximum atomic E-state index is 13.4. The normalized spacial score (nSPS) is 30.7. The summed E-state index contributed by atoms with van der Waals surface area (Å²) in [6, 6.07) is 0. The second kappa shape index (κ2) is 2.91. The van der Waals surface area contributed by atoms with Gasteiger partial charge in [-0.3, -0.25) is 0 Å². The molecule has 0 aromatic rings. The van der Waals surface area contributed by atoms with Crippen LogP contribution >= 0.6 is 0 Å². The third-order valence-corrected chi connectivity index (χ3v) is 3.44. The molecule has 0 aromatic carbocycles. The van der Waals surface area contributed by atoms with Crippen molar-refractivity contribution in [1.29, 1.82) is 0 Å². The van der Waals surface area contributed by atoms with Crippen molar-refractivity contribution in [2.45, 2.75) is 38.5 Å². The average Bonchev–Trinajstić information content (AvgIpc) is 2.80. The van der Waals surface area contributed by atoms with Crippen LogP contribution in [0.3, 0.4) is 0 Å². The number of likely N-dealkylation sites (tertiary alicyclic amines) is 1. The van der Waals surface area contributed by atoms with Crippen LogP contribution in [0.1, 0.15) is 32.6 Å². The minimum atomic E-state index is -2.38. The molecular formula is C10H17F2N. The fraction of sp³-hybridized carbons (Fsp3) is 1.00. The van der Waals surface area contributed by atoms with Crippen molar-refractivity contribution >= 4 is 0 Å². The highest BCUT2D eigenvalue weighted by molar-refractivity contribution is 5.08. The Labute approximate surface area is 78.1 Å². The van der Waals surface area contributed by atoms with E-state index in [-0.39, 0.29) is 6.42 Å². The van der Waals surface area contributed by atoms with Crippen molar-refractivity contribution in [1.82, 2.24) is 4.90 Å². The molecule has 1 nitrogen and oxygen atoms in total. The van der Waals surface area contributed by atoms with Gasteiger partial charge in [-0.25, -0.2) is 8.78 Å². The van der Waals surface area contributed by atoms with Gasteiger partial charge in [0.05, 0.1) is 0 Å². The Morgan fingerprint density at radius 1 is 1.23 bits per heavy atom. The molecule has 2 aliphatic rings. The fourth-order valence-electron chi connectivity index (χ4n) is 2.37. The van der Waals surface area contributed by atoms with E-state index in [1.807, 2.05) is 0 Å². The summed E-state index contributed by atoms with van der Waals surface area (Å²) in [5.41, 5.74) is -0.611. The Bertz CT molecular complexity index is 199. The summed E-state index contributed by atoms with van der Waals surface area (Å²) >= 11 is 0. The van der Waals surface area contributed by atoms with E-state index in [2.05, 4.69) is 11.8 Å². The number of nitrogens with zero attached hydrogens (tertiary/aromatic N) is 1. The summed E-state index contributed by atoms with van der Waals surface area (Å²) in [5.74, 6) is -2.38. The van der Waals surface area contributed by atoms with Gasteiger partial charge >= 0.3 is 0 Å². The zero-order valence-corrected chi connectivity index (χ0v) is 8.15.